The zero-order valence-corrected chi connectivity index (χ0v) is 13.3. The number of nitrogens with zero attached hydrogens (tertiary/aromatic N) is 2. The van der Waals surface area contributed by atoms with Crippen LogP contribution in [0.1, 0.15) is 23.2 Å². The fourth-order valence-electron chi connectivity index (χ4n) is 3.23. The van der Waals surface area contributed by atoms with Crippen LogP contribution in [0.3, 0.4) is 0 Å². The van der Waals surface area contributed by atoms with E-state index in [0.717, 1.165) is 18.2 Å². The largest absolute Gasteiger partial charge is 0.378 e. The van der Waals surface area contributed by atoms with Crippen LogP contribution in [0.15, 0.2) is 18.2 Å². The fraction of sp³-hybridized carbons (Fsp3) is 0.529. The summed E-state index contributed by atoms with van der Waals surface area (Å²) in [7, 11) is 0. The Kier molecular flexibility index (Phi) is 5.08. The lowest BCUT2D eigenvalue weighted by Gasteiger charge is -2.35. The molecular weight excluding hydrogens is 318 g/mol. The Labute approximate surface area is 139 Å². The molecule has 1 aromatic carbocycles. The van der Waals surface area contributed by atoms with Crippen molar-refractivity contribution in [1.29, 1.82) is 0 Å². The predicted octanol–water partition coefficient (Wildman–Crippen LogP) is 1.68. The Bertz CT molecular complexity index is 604. The van der Waals surface area contributed by atoms with E-state index in [4.69, 9.17) is 4.74 Å². The molecule has 0 spiro atoms. The van der Waals surface area contributed by atoms with E-state index in [9.17, 15) is 18.4 Å². The van der Waals surface area contributed by atoms with Crippen molar-refractivity contribution in [1.82, 2.24) is 9.80 Å². The highest BCUT2D eigenvalue weighted by atomic mass is 19.1. The maximum atomic E-state index is 13.3. The Balaban J connectivity index is 1.58. The molecule has 2 fully saturated rings. The van der Waals surface area contributed by atoms with E-state index in [-0.39, 0.29) is 17.4 Å². The van der Waals surface area contributed by atoms with Crippen LogP contribution in [-0.2, 0) is 9.53 Å². The quantitative estimate of drug-likeness (QED) is 0.824. The molecule has 3 rings (SSSR count). The number of rotatable bonds is 2. The number of hydrogen-bond donors (Lipinski definition) is 0. The minimum atomic E-state index is -0.768. The molecule has 2 heterocycles. The van der Waals surface area contributed by atoms with Gasteiger partial charge in [-0.1, -0.05) is 0 Å². The predicted molar refractivity (Wildman–Crippen MR) is 82.4 cm³/mol. The molecule has 2 amide bonds. The van der Waals surface area contributed by atoms with Gasteiger partial charge in [-0.15, -0.1) is 0 Å². The van der Waals surface area contributed by atoms with Crippen molar-refractivity contribution >= 4 is 11.8 Å². The van der Waals surface area contributed by atoms with Gasteiger partial charge in [0.05, 0.1) is 13.2 Å². The monoisotopic (exact) mass is 338 g/mol. The second-order valence-electron chi connectivity index (χ2n) is 6.16. The van der Waals surface area contributed by atoms with Gasteiger partial charge in [-0.25, -0.2) is 8.78 Å². The first-order chi connectivity index (χ1) is 11.5. The zero-order chi connectivity index (χ0) is 17.1. The third kappa shape index (κ3) is 3.72. The van der Waals surface area contributed by atoms with Crippen LogP contribution in [0.5, 0.6) is 0 Å². The minimum absolute atomic E-state index is 0.00505. The number of morpholine rings is 1. The molecule has 0 bridgehead atoms. The van der Waals surface area contributed by atoms with Crippen molar-refractivity contribution in [3.8, 4) is 0 Å². The summed E-state index contributed by atoms with van der Waals surface area (Å²) in [6, 6.07) is 2.82. The molecule has 2 saturated heterocycles. The van der Waals surface area contributed by atoms with Crippen LogP contribution in [0, 0.1) is 17.6 Å². The van der Waals surface area contributed by atoms with E-state index in [1.54, 1.807) is 4.90 Å². The van der Waals surface area contributed by atoms with Crippen LogP contribution in [0.4, 0.5) is 8.78 Å². The average Bonchev–Trinajstić information content (AvgIpc) is 2.60. The Morgan fingerprint density at radius 1 is 0.917 bits per heavy atom. The molecule has 1 aromatic rings. The van der Waals surface area contributed by atoms with Crippen LogP contribution in [0.2, 0.25) is 0 Å². The smallest absolute Gasteiger partial charge is 0.254 e. The number of carbonyl (C=O) groups excluding carboxylic acids is 2. The minimum Gasteiger partial charge on any atom is -0.378 e. The molecule has 2 aliphatic heterocycles. The summed E-state index contributed by atoms with van der Waals surface area (Å²) in [6.45, 7) is 3.18. The van der Waals surface area contributed by atoms with Crippen LogP contribution in [0.25, 0.3) is 0 Å². The topological polar surface area (TPSA) is 49.9 Å². The third-order valence-electron chi connectivity index (χ3n) is 4.56. The van der Waals surface area contributed by atoms with Gasteiger partial charge >= 0.3 is 0 Å². The van der Waals surface area contributed by atoms with Crippen molar-refractivity contribution < 1.29 is 23.1 Å². The molecule has 0 unspecified atom stereocenters. The van der Waals surface area contributed by atoms with E-state index in [1.807, 2.05) is 4.90 Å². The number of amides is 2. The number of piperidine rings is 1. The molecule has 0 aromatic heterocycles. The molecule has 0 aliphatic carbocycles. The Hall–Kier alpha value is -2.02. The van der Waals surface area contributed by atoms with Gasteiger partial charge in [0.1, 0.15) is 11.6 Å². The Morgan fingerprint density at radius 2 is 1.50 bits per heavy atom. The van der Waals surface area contributed by atoms with E-state index in [1.165, 1.54) is 0 Å². The standard InChI is InChI=1S/C17H20F2N2O3/c18-14-9-13(10-15(19)11-14)17(23)20-3-1-12(2-4-20)16(22)21-5-7-24-8-6-21/h9-12H,1-8H2. The summed E-state index contributed by atoms with van der Waals surface area (Å²) < 4.78 is 31.8. The maximum absolute atomic E-state index is 13.3. The van der Waals surface area contributed by atoms with Crippen molar-refractivity contribution in [2.45, 2.75) is 12.8 Å². The summed E-state index contributed by atoms with van der Waals surface area (Å²) in [5.74, 6) is -1.92. The molecule has 0 N–H and O–H groups in total. The van der Waals surface area contributed by atoms with Gasteiger partial charge in [0, 0.05) is 43.7 Å². The SMILES string of the molecule is O=C(c1cc(F)cc(F)c1)N1CCC(C(=O)N2CCOCC2)CC1. The first-order valence-electron chi connectivity index (χ1n) is 8.16. The van der Waals surface area contributed by atoms with E-state index in [2.05, 4.69) is 0 Å². The molecule has 7 heteroatoms. The van der Waals surface area contributed by atoms with Crippen LogP contribution < -0.4 is 0 Å². The molecule has 24 heavy (non-hydrogen) atoms. The second-order valence-corrected chi connectivity index (χ2v) is 6.16. The molecule has 2 aliphatic rings. The highest BCUT2D eigenvalue weighted by molar-refractivity contribution is 5.94. The fourth-order valence-corrected chi connectivity index (χ4v) is 3.23. The average molecular weight is 338 g/mol. The van der Waals surface area contributed by atoms with E-state index in [0.29, 0.717) is 52.2 Å². The number of halogens is 2. The number of benzene rings is 1. The molecule has 130 valence electrons. The molecular formula is C17H20F2N2O3. The second kappa shape index (κ2) is 7.25. The van der Waals surface area contributed by atoms with Crippen LogP contribution >= 0.6 is 0 Å². The van der Waals surface area contributed by atoms with Gasteiger partial charge in [-0.2, -0.15) is 0 Å². The van der Waals surface area contributed by atoms with Crippen molar-refractivity contribution in [3.63, 3.8) is 0 Å². The first-order valence-corrected chi connectivity index (χ1v) is 8.16. The highest BCUT2D eigenvalue weighted by Crippen LogP contribution is 2.22. The third-order valence-corrected chi connectivity index (χ3v) is 4.56. The number of hydrogen-bond acceptors (Lipinski definition) is 3. The normalized spacial score (nSPS) is 19.4. The lowest BCUT2D eigenvalue weighted by atomic mass is 9.94. The van der Waals surface area contributed by atoms with E-state index >= 15 is 0 Å². The first kappa shape index (κ1) is 16.8. The zero-order valence-electron chi connectivity index (χ0n) is 13.3. The lowest BCUT2D eigenvalue weighted by Crippen LogP contribution is -2.47. The van der Waals surface area contributed by atoms with Crippen molar-refractivity contribution in [2.75, 3.05) is 39.4 Å². The lowest BCUT2D eigenvalue weighted by molar-refractivity contribution is -0.141. The van der Waals surface area contributed by atoms with Gasteiger partial charge in [0.2, 0.25) is 5.91 Å². The highest BCUT2D eigenvalue weighted by Gasteiger charge is 2.31. The molecule has 0 saturated carbocycles. The van der Waals surface area contributed by atoms with Gasteiger partial charge in [0.25, 0.3) is 5.91 Å². The van der Waals surface area contributed by atoms with Crippen LogP contribution in [-0.4, -0.2) is 61.0 Å². The van der Waals surface area contributed by atoms with Gasteiger partial charge < -0.3 is 14.5 Å². The molecule has 0 radical (unpaired) electrons. The summed E-state index contributed by atoms with van der Waals surface area (Å²) in [6.07, 6.45) is 1.14. The van der Waals surface area contributed by atoms with Crippen molar-refractivity contribution in [3.05, 3.63) is 35.4 Å². The number of ether oxygens (including phenoxy) is 1. The molecule has 0 atom stereocenters. The number of likely N-dealkylation sites (tertiary alicyclic amines) is 1. The summed E-state index contributed by atoms with van der Waals surface area (Å²) in [4.78, 5) is 28.2. The van der Waals surface area contributed by atoms with Crippen molar-refractivity contribution in [2.24, 2.45) is 5.92 Å². The molecule has 5 nitrogen and oxygen atoms in total. The maximum Gasteiger partial charge on any atom is 0.254 e. The van der Waals surface area contributed by atoms with Gasteiger partial charge in [0.15, 0.2) is 0 Å². The van der Waals surface area contributed by atoms with Gasteiger partial charge in [-0.3, -0.25) is 9.59 Å². The number of carbonyl (C=O) groups is 2. The summed E-state index contributed by atoms with van der Waals surface area (Å²) in [5, 5.41) is 0. The van der Waals surface area contributed by atoms with Gasteiger partial charge in [-0.05, 0) is 25.0 Å². The summed E-state index contributed by atoms with van der Waals surface area (Å²) >= 11 is 0. The van der Waals surface area contributed by atoms with E-state index < -0.39 is 17.5 Å². The summed E-state index contributed by atoms with van der Waals surface area (Å²) in [5.41, 5.74) is 0.00505. The Morgan fingerprint density at radius 3 is 2.08 bits per heavy atom.